The largest absolute Gasteiger partial charge is 0.389 e. The molecule has 1 atom stereocenters. The molecule has 0 aliphatic carbocycles. The molecular formula is C11H19N3O3. The van der Waals surface area contributed by atoms with Crippen LogP contribution in [0.1, 0.15) is 19.8 Å². The molecule has 0 bridgehead atoms. The number of urea groups is 1. The molecule has 2 saturated heterocycles. The number of carbonyl (C=O) groups is 2. The van der Waals surface area contributed by atoms with E-state index in [1.54, 1.807) is 6.92 Å². The molecule has 0 radical (unpaired) electrons. The van der Waals surface area contributed by atoms with Crippen LogP contribution >= 0.6 is 0 Å². The molecule has 0 saturated carbocycles. The van der Waals surface area contributed by atoms with Crippen LogP contribution in [0.5, 0.6) is 0 Å². The van der Waals surface area contributed by atoms with Crippen molar-refractivity contribution in [3.05, 3.63) is 0 Å². The van der Waals surface area contributed by atoms with Crippen molar-refractivity contribution in [2.75, 3.05) is 32.7 Å². The fourth-order valence-corrected chi connectivity index (χ4v) is 2.44. The Morgan fingerprint density at radius 3 is 2.88 bits per heavy atom. The SMILES string of the molecule is CC1(O)CCCN(CC(=O)N2CCNC2=O)C1. The van der Waals surface area contributed by atoms with Gasteiger partial charge in [0.05, 0.1) is 12.1 Å². The van der Waals surface area contributed by atoms with Gasteiger partial charge < -0.3 is 10.4 Å². The number of rotatable bonds is 2. The lowest BCUT2D eigenvalue weighted by Gasteiger charge is -2.36. The summed E-state index contributed by atoms with van der Waals surface area (Å²) in [7, 11) is 0. The minimum atomic E-state index is -0.716. The third-order valence-electron chi connectivity index (χ3n) is 3.27. The molecule has 0 spiro atoms. The Morgan fingerprint density at radius 2 is 2.29 bits per heavy atom. The summed E-state index contributed by atoms with van der Waals surface area (Å²) >= 11 is 0. The van der Waals surface area contributed by atoms with E-state index in [2.05, 4.69) is 5.32 Å². The van der Waals surface area contributed by atoms with E-state index >= 15 is 0 Å². The molecule has 6 heteroatoms. The van der Waals surface area contributed by atoms with Crippen LogP contribution in [0.15, 0.2) is 0 Å². The molecule has 6 nitrogen and oxygen atoms in total. The van der Waals surface area contributed by atoms with Crippen LogP contribution in [0.2, 0.25) is 0 Å². The molecule has 2 N–H and O–H groups in total. The lowest BCUT2D eigenvalue weighted by molar-refractivity contribution is -0.130. The molecule has 1 unspecified atom stereocenters. The first kappa shape index (κ1) is 12.3. The summed E-state index contributed by atoms with van der Waals surface area (Å²) in [6, 6.07) is -0.307. The van der Waals surface area contributed by atoms with Gasteiger partial charge >= 0.3 is 6.03 Å². The maximum atomic E-state index is 11.9. The topological polar surface area (TPSA) is 72.9 Å². The number of aliphatic hydroxyl groups is 1. The molecule has 0 aromatic carbocycles. The molecular weight excluding hydrogens is 222 g/mol. The minimum absolute atomic E-state index is 0.183. The fourth-order valence-electron chi connectivity index (χ4n) is 2.44. The smallest absolute Gasteiger partial charge is 0.324 e. The zero-order chi connectivity index (χ0) is 12.5. The highest BCUT2D eigenvalue weighted by molar-refractivity contribution is 5.96. The van der Waals surface area contributed by atoms with Crippen molar-refractivity contribution in [1.29, 1.82) is 0 Å². The van der Waals surface area contributed by atoms with Gasteiger partial charge in [-0.25, -0.2) is 4.79 Å². The lowest BCUT2D eigenvalue weighted by atomic mass is 9.95. The Hall–Kier alpha value is -1.14. The summed E-state index contributed by atoms with van der Waals surface area (Å²) in [5.41, 5.74) is -0.716. The van der Waals surface area contributed by atoms with Gasteiger partial charge in [-0.05, 0) is 26.3 Å². The van der Waals surface area contributed by atoms with Crippen LogP contribution in [-0.2, 0) is 4.79 Å². The first-order valence-corrected chi connectivity index (χ1v) is 6.01. The van der Waals surface area contributed by atoms with Gasteiger partial charge in [-0.1, -0.05) is 0 Å². The quantitative estimate of drug-likeness (QED) is 0.676. The molecule has 2 aliphatic heterocycles. The van der Waals surface area contributed by atoms with Gasteiger partial charge in [0.25, 0.3) is 0 Å². The van der Waals surface area contributed by atoms with E-state index in [-0.39, 0.29) is 18.5 Å². The molecule has 2 heterocycles. The number of nitrogens with zero attached hydrogens (tertiary/aromatic N) is 2. The Bertz CT molecular complexity index is 330. The number of likely N-dealkylation sites (tertiary alicyclic amines) is 1. The van der Waals surface area contributed by atoms with Crippen molar-refractivity contribution in [2.45, 2.75) is 25.4 Å². The molecule has 2 aliphatic rings. The van der Waals surface area contributed by atoms with Crippen molar-refractivity contribution in [2.24, 2.45) is 0 Å². The summed E-state index contributed by atoms with van der Waals surface area (Å²) in [5.74, 6) is -0.183. The second-order valence-electron chi connectivity index (χ2n) is 5.09. The van der Waals surface area contributed by atoms with E-state index in [1.165, 1.54) is 4.90 Å². The standard InChI is InChI=1S/C11H19N3O3/c1-11(17)3-2-5-13(8-11)7-9(15)14-6-4-12-10(14)16/h17H,2-8H2,1H3,(H,12,16). The summed E-state index contributed by atoms with van der Waals surface area (Å²) in [6.07, 6.45) is 1.65. The highest BCUT2D eigenvalue weighted by Gasteiger charge is 2.32. The number of β-amino-alcohol motifs (C(OH)–C–C–N with tert-alkyl or cyclic N) is 1. The van der Waals surface area contributed by atoms with Gasteiger partial charge in [-0.2, -0.15) is 0 Å². The number of hydrogen-bond donors (Lipinski definition) is 2. The average Bonchev–Trinajstić information content (AvgIpc) is 2.62. The Balaban J connectivity index is 1.88. The zero-order valence-electron chi connectivity index (χ0n) is 10.1. The van der Waals surface area contributed by atoms with E-state index < -0.39 is 5.60 Å². The van der Waals surface area contributed by atoms with E-state index in [0.717, 1.165) is 19.4 Å². The van der Waals surface area contributed by atoms with Crippen LogP contribution in [0, 0.1) is 0 Å². The second-order valence-corrected chi connectivity index (χ2v) is 5.09. The normalized spacial score (nSPS) is 30.5. The van der Waals surface area contributed by atoms with Crippen molar-refractivity contribution >= 4 is 11.9 Å². The molecule has 3 amide bonds. The van der Waals surface area contributed by atoms with Crippen LogP contribution < -0.4 is 5.32 Å². The first-order valence-electron chi connectivity index (χ1n) is 6.01. The fraction of sp³-hybridized carbons (Fsp3) is 0.818. The van der Waals surface area contributed by atoms with Crippen molar-refractivity contribution in [1.82, 2.24) is 15.1 Å². The first-order chi connectivity index (χ1) is 7.98. The summed E-state index contributed by atoms with van der Waals surface area (Å²) < 4.78 is 0. The highest BCUT2D eigenvalue weighted by atomic mass is 16.3. The van der Waals surface area contributed by atoms with Gasteiger partial charge in [0.1, 0.15) is 0 Å². The monoisotopic (exact) mass is 241 g/mol. The average molecular weight is 241 g/mol. The molecule has 2 rings (SSSR count). The van der Waals surface area contributed by atoms with E-state index in [1.807, 2.05) is 4.90 Å². The number of nitrogens with one attached hydrogen (secondary N) is 1. The molecule has 17 heavy (non-hydrogen) atoms. The van der Waals surface area contributed by atoms with Gasteiger partial charge in [0.15, 0.2) is 0 Å². The third kappa shape index (κ3) is 2.95. The number of imide groups is 1. The third-order valence-corrected chi connectivity index (χ3v) is 3.27. The zero-order valence-corrected chi connectivity index (χ0v) is 10.1. The lowest BCUT2D eigenvalue weighted by Crippen LogP contribution is -2.50. The van der Waals surface area contributed by atoms with E-state index in [4.69, 9.17) is 0 Å². The second kappa shape index (κ2) is 4.62. The van der Waals surface area contributed by atoms with Crippen molar-refractivity contribution < 1.29 is 14.7 Å². The molecule has 0 aromatic rings. The maximum Gasteiger partial charge on any atom is 0.324 e. The van der Waals surface area contributed by atoms with Crippen LogP contribution in [0.4, 0.5) is 4.79 Å². The number of amides is 3. The van der Waals surface area contributed by atoms with Gasteiger partial charge in [0, 0.05) is 19.6 Å². The van der Waals surface area contributed by atoms with Crippen molar-refractivity contribution in [3.8, 4) is 0 Å². The predicted octanol–water partition coefficient (Wildman–Crippen LogP) is -0.615. The molecule has 96 valence electrons. The van der Waals surface area contributed by atoms with Gasteiger partial charge in [0.2, 0.25) is 5.91 Å². The van der Waals surface area contributed by atoms with Crippen LogP contribution in [0.3, 0.4) is 0 Å². The summed E-state index contributed by atoms with van der Waals surface area (Å²) in [6.45, 7) is 4.27. The summed E-state index contributed by atoms with van der Waals surface area (Å²) in [5, 5.41) is 12.5. The molecule has 0 aromatic heterocycles. The van der Waals surface area contributed by atoms with Crippen molar-refractivity contribution in [3.63, 3.8) is 0 Å². The highest BCUT2D eigenvalue weighted by Crippen LogP contribution is 2.20. The summed E-state index contributed by atoms with van der Waals surface area (Å²) in [4.78, 5) is 26.3. The number of piperidine rings is 1. The minimum Gasteiger partial charge on any atom is -0.389 e. The van der Waals surface area contributed by atoms with Gasteiger partial charge in [-0.3, -0.25) is 14.6 Å². The van der Waals surface area contributed by atoms with Gasteiger partial charge in [-0.15, -0.1) is 0 Å². The van der Waals surface area contributed by atoms with E-state index in [9.17, 15) is 14.7 Å². The number of carbonyl (C=O) groups excluding carboxylic acids is 2. The Kier molecular flexibility index (Phi) is 3.35. The Labute approximate surface area is 101 Å². The van der Waals surface area contributed by atoms with E-state index in [0.29, 0.717) is 19.6 Å². The van der Waals surface area contributed by atoms with Crippen LogP contribution in [0.25, 0.3) is 0 Å². The predicted molar refractivity (Wildman–Crippen MR) is 61.4 cm³/mol. The molecule has 2 fully saturated rings. The Morgan fingerprint density at radius 1 is 1.53 bits per heavy atom. The van der Waals surface area contributed by atoms with Crippen LogP contribution in [-0.4, -0.2) is 65.2 Å². The number of hydrogen-bond acceptors (Lipinski definition) is 4. The maximum absolute atomic E-state index is 11.9.